The molecule has 0 aliphatic carbocycles. The number of hydrogen-bond acceptors (Lipinski definition) is 7. The monoisotopic (exact) mass is 738 g/mol. The molecule has 0 aromatic rings. The van der Waals surface area contributed by atoms with Gasteiger partial charge in [0.25, 0.3) is 0 Å². The lowest BCUT2D eigenvalue weighted by molar-refractivity contribution is -0.161. The molecule has 9 nitrogen and oxygen atoms in total. The summed E-state index contributed by atoms with van der Waals surface area (Å²) in [5, 5.41) is 9.70. The van der Waals surface area contributed by atoms with Gasteiger partial charge in [-0.1, -0.05) is 132 Å². The van der Waals surface area contributed by atoms with Gasteiger partial charge >= 0.3 is 19.8 Å². The SMILES string of the molecule is CCCCCCCC/C=C\CCCCCCCC(=O)OC[C@H](COP(=O)(O)O)OC(=O)CCC/C=C\C/C=C\C/C=C\C/C=C\CC(O)CCC. The van der Waals surface area contributed by atoms with Crippen LogP contribution >= 0.6 is 7.82 Å². The Hall–Kier alpha value is -2.29. The van der Waals surface area contributed by atoms with E-state index in [4.69, 9.17) is 19.3 Å². The molecule has 0 saturated heterocycles. The van der Waals surface area contributed by atoms with E-state index in [2.05, 4.69) is 60.9 Å². The molecule has 3 N–H and O–H groups in total. The molecule has 294 valence electrons. The third kappa shape index (κ3) is 38.8. The molecule has 0 saturated carbocycles. The first-order valence-corrected chi connectivity index (χ1v) is 21.2. The summed E-state index contributed by atoms with van der Waals surface area (Å²) in [4.78, 5) is 42.7. The van der Waals surface area contributed by atoms with Crippen LogP contribution in [0.25, 0.3) is 0 Å². The van der Waals surface area contributed by atoms with Crippen LogP contribution in [-0.4, -0.2) is 52.3 Å². The quantitative estimate of drug-likeness (QED) is 0.0251. The molecule has 51 heavy (non-hydrogen) atoms. The molecule has 0 aromatic carbocycles. The van der Waals surface area contributed by atoms with Crippen LogP contribution in [-0.2, 0) is 28.2 Å². The van der Waals surface area contributed by atoms with Crippen LogP contribution in [0, 0.1) is 0 Å². The highest BCUT2D eigenvalue weighted by molar-refractivity contribution is 7.46. The van der Waals surface area contributed by atoms with Gasteiger partial charge in [-0.3, -0.25) is 14.1 Å². The Labute approximate surface area is 309 Å². The number of hydrogen-bond donors (Lipinski definition) is 3. The Morgan fingerprint density at radius 2 is 1.08 bits per heavy atom. The van der Waals surface area contributed by atoms with Crippen LogP contribution in [0.4, 0.5) is 0 Å². The van der Waals surface area contributed by atoms with Gasteiger partial charge in [0.2, 0.25) is 0 Å². The Morgan fingerprint density at radius 1 is 0.588 bits per heavy atom. The fraction of sp³-hybridized carbons (Fsp3) is 0.707. The second-order valence-electron chi connectivity index (χ2n) is 13.1. The number of aliphatic hydroxyl groups is 1. The third-order valence-electron chi connectivity index (χ3n) is 8.06. The minimum Gasteiger partial charge on any atom is -0.462 e. The number of unbranched alkanes of at least 4 members (excludes halogenated alkanes) is 12. The first-order valence-electron chi connectivity index (χ1n) is 19.7. The van der Waals surface area contributed by atoms with Gasteiger partial charge in [0.15, 0.2) is 6.10 Å². The molecule has 0 amide bonds. The summed E-state index contributed by atoms with van der Waals surface area (Å²) in [5.41, 5.74) is 0. The molecule has 0 aliphatic rings. The number of phosphoric ester groups is 1. The Morgan fingerprint density at radius 3 is 1.67 bits per heavy atom. The van der Waals surface area contributed by atoms with Crippen molar-refractivity contribution in [3.63, 3.8) is 0 Å². The van der Waals surface area contributed by atoms with E-state index in [1.54, 1.807) is 0 Å². The number of allylic oxidation sites excluding steroid dienone is 9. The van der Waals surface area contributed by atoms with E-state index < -0.39 is 32.5 Å². The highest BCUT2D eigenvalue weighted by atomic mass is 31.2. The molecule has 10 heteroatoms. The van der Waals surface area contributed by atoms with Crippen LogP contribution in [0.5, 0.6) is 0 Å². The van der Waals surface area contributed by atoms with Crippen LogP contribution in [0.15, 0.2) is 60.8 Å². The molecule has 0 aliphatic heterocycles. The van der Waals surface area contributed by atoms with Crippen molar-refractivity contribution in [2.24, 2.45) is 0 Å². The lowest BCUT2D eigenvalue weighted by atomic mass is 10.1. The number of carbonyl (C=O) groups excluding carboxylic acids is 2. The van der Waals surface area contributed by atoms with E-state index in [-0.39, 0.29) is 25.6 Å². The van der Waals surface area contributed by atoms with E-state index in [1.807, 2.05) is 18.2 Å². The lowest BCUT2D eigenvalue weighted by Crippen LogP contribution is -2.29. The summed E-state index contributed by atoms with van der Waals surface area (Å²) in [6, 6.07) is 0. The number of rotatable bonds is 35. The van der Waals surface area contributed by atoms with Crippen LogP contribution < -0.4 is 0 Å². The lowest BCUT2D eigenvalue weighted by Gasteiger charge is -2.18. The van der Waals surface area contributed by atoms with Crippen LogP contribution in [0.3, 0.4) is 0 Å². The van der Waals surface area contributed by atoms with Crippen LogP contribution in [0.2, 0.25) is 0 Å². The second kappa shape index (κ2) is 36.1. The average Bonchev–Trinajstić information content (AvgIpc) is 3.09. The summed E-state index contributed by atoms with van der Waals surface area (Å²) in [7, 11) is -4.78. The normalized spacial score (nSPS) is 13.7. The maximum atomic E-state index is 12.4. The Balaban J connectivity index is 4.10. The highest BCUT2D eigenvalue weighted by Crippen LogP contribution is 2.36. The number of phosphoric acid groups is 1. The Bertz CT molecular complexity index is 1030. The smallest absolute Gasteiger partial charge is 0.462 e. The third-order valence-corrected chi connectivity index (χ3v) is 8.55. The predicted octanol–water partition coefficient (Wildman–Crippen LogP) is 10.7. The van der Waals surface area contributed by atoms with E-state index in [9.17, 15) is 19.3 Å². The summed E-state index contributed by atoms with van der Waals surface area (Å²) in [6.07, 6.45) is 41.5. The zero-order valence-electron chi connectivity index (χ0n) is 31.8. The molecule has 0 radical (unpaired) electrons. The molecule has 0 bridgehead atoms. The minimum absolute atomic E-state index is 0.117. The number of ether oxygens (including phenoxy) is 2. The highest BCUT2D eigenvalue weighted by Gasteiger charge is 2.22. The van der Waals surface area contributed by atoms with Crippen molar-refractivity contribution in [1.29, 1.82) is 0 Å². The van der Waals surface area contributed by atoms with Gasteiger partial charge in [0.1, 0.15) is 6.61 Å². The Kier molecular flexibility index (Phi) is 34.5. The fourth-order valence-electron chi connectivity index (χ4n) is 5.14. The molecular weight excluding hydrogens is 667 g/mol. The first-order chi connectivity index (χ1) is 24.7. The van der Waals surface area contributed by atoms with Crippen molar-refractivity contribution in [2.75, 3.05) is 13.2 Å². The average molecular weight is 739 g/mol. The van der Waals surface area contributed by atoms with Crippen molar-refractivity contribution < 1.29 is 43.0 Å². The molecule has 0 fully saturated rings. The molecule has 1 unspecified atom stereocenters. The van der Waals surface area contributed by atoms with Gasteiger partial charge in [0, 0.05) is 12.8 Å². The van der Waals surface area contributed by atoms with Crippen molar-refractivity contribution in [2.45, 2.75) is 174 Å². The van der Waals surface area contributed by atoms with Crippen molar-refractivity contribution in [1.82, 2.24) is 0 Å². The fourth-order valence-corrected chi connectivity index (χ4v) is 5.50. The van der Waals surface area contributed by atoms with Crippen LogP contribution in [0.1, 0.15) is 162 Å². The van der Waals surface area contributed by atoms with Gasteiger partial charge in [-0.2, -0.15) is 0 Å². The molecule has 0 spiro atoms. The number of carbonyl (C=O) groups is 2. The van der Waals surface area contributed by atoms with Gasteiger partial charge in [0.05, 0.1) is 12.7 Å². The predicted molar refractivity (Wildman–Crippen MR) is 208 cm³/mol. The molecule has 0 heterocycles. The zero-order valence-corrected chi connectivity index (χ0v) is 32.7. The first kappa shape index (κ1) is 48.7. The maximum absolute atomic E-state index is 12.4. The molecule has 0 rings (SSSR count). The number of aliphatic hydroxyl groups excluding tert-OH is 1. The van der Waals surface area contributed by atoms with Gasteiger partial charge in [-0.25, -0.2) is 4.57 Å². The van der Waals surface area contributed by atoms with Gasteiger partial charge in [-0.05, 0) is 77.0 Å². The van der Waals surface area contributed by atoms with E-state index in [0.29, 0.717) is 25.7 Å². The number of esters is 2. The molecular formula is C41H71O9P. The molecule has 0 aromatic heterocycles. The van der Waals surface area contributed by atoms with Crippen molar-refractivity contribution in [3.8, 4) is 0 Å². The second-order valence-corrected chi connectivity index (χ2v) is 14.3. The minimum atomic E-state index is -4.78. The van der Waals surface area contributed by atoms with Gasteiger partial charge in [-0.15, -0.1) is 0 Å². The van der Waals surface area contributed by atoms with E-state index in [1.165, 1.54) is 44.9 Å². The zero-order chi connectivity index (χ0) is 37.7. The molecule has 2 atom stereocenters. The summed E-state index contributed by atoms with van der Waals surface area (Å²) in [6.45, 7) is 3.41. The van der Waals surface area contributed by atoms with E-state index >= 15 is 0 Å². The largest absolute Gasteiger partial charge is 0.469 e. The summed E-state index contributed by atoms with van der Waals surface area (Å²) < 4.78 is 26.2. The standard InChI is InChI=1S/C41H71O9P/c1-3-5-6-7-8-9-10-11-12-15-18-21-24-27-30-34-40(43)48-36-39(37-49-51(45,46)47)50-41(44)35-31-28-25-22-19-16-13-14-17-20-23-26-29-33-38(42)32-4-2/h11-13,16-17,20,22,25-26,29,38-39,42H,3-10,14-15,18-19,21,23-24,27-28,30-37H2,1-2H3,(H2,45,46,47)/b12-11-,16-13-,20-17-,25-22-,29-26-/t38?,39-/m1/s1. The summed E-state index contributed by atoms with van der Waals surface area (Å²) >= 11 is 0. The van der Waals surface area contributed by atoms with Crippen molar-refractivity contribution >= 4 is 19.8 Å². The van der Waals surface area contributed by atoms with Gasteiger partial charge < -0.3 is 24.4 Å². The topological polar surface area (TPSA) is 140 Å². The van der Waals surface area contributed by atoms with E-state index in [0.717, 1.165) is 64.2 Å². The summed E-state index contributed by atoms with van der Waals surface area (Å²) in [5.74, 6) is -0.985. The maximum Gasteiger partial charge on any atom is 0.469 e. The van der Waals surface area contributed by atoms with Crippen molar-refractivity contribution in [3.05, 3.63) is 60.8 Å².